The molecule has 0 N–H and O–H groups in total. The summed E-state index contributed by atoms with van der Waals surface area (Å²) < 4.78 is 2.41. The molecule has 0 fully saturated rings. The molecule has 0 aliphatic carbocycles. The normalized spacial score (nSPS) is 11.5. The molecule has 0 aromatic carbocycles. The van der Waals surface area contributed by atoms with Gasteiger partial charge in [0.25, 0.3) is 0 Å². The summed E-state index contributed by atoms with van der Waals surface area (Å²) in [5, 5.41) is 0. The van der Waals surface area contributed by atoms with Gasteiger partial charge in [0.1, 0.15) is 0 Å². The highest BCUT2D eigenvalue weighted by Gasteiger charge is 2.05. The second kappa shape index (κ2) is 8.30. The first-order chi connectivity index (χ1) is 5.74. The highest BCUT2D eigenvalue weighted by Crippen LogP contribution is 2.14. The zero-order valence-electron chi connectivity index (χ0n) is 8.65. The molecule has 0 saturated carbocycles. The van der Waals surface area contributed by atoms with Gasteiger partial charge in [0, 0.05) is 36.0 Å². The molecule has 12 heavy (non-hydrogen) atoms. The Bertz CT molecular complexity index is 91.8. The first-order valence-corrected chi connectivity index (χ1v) is 6.11. The molecule has 0 aromatic heterocycles. The van der Waals surface area contributed by atoms with Crippen molar-refractivity contribution in [2.75, 3.05) is 13.1 Å². The van der Waals surface area contributed by atoms with Gasteiger partial charge in [-0.2, -0.15) is 0 Å². The average Bonchev–Trinajstić information content (AvgIpc) is 2.07. The Labute approximate surface area is 91.4 Å². The highest BCUT2D eigenvalue weighted by atomic mass is 127. The minimum atomic E-state index is 0.944. The third-order valence-corrected chi connectivity index (χ3v) is 3.37. The van der Waals surface area contributed by atoms with Crippen molar-refractivity contribution in [2.24, 2.45) is 5.92 Å². The van der Waals surface area contributed by atoms with E-state index < -0.39 is 0 Å². The van der Waals surface area contributed by atoms with Crippen molar-refractivity contribution in [3.63, 3.8) is 0 Å². The van der Waals surface area contributed by atoms with Gasteiger partial charge in [0.15, 0.2) is 0 Å². The van der Waals surface area contributed by atoms with Crippen molar-refractivity contribution in [1.82, 2.24) is 3.11 Å². The smallest absolute Gasteiger partial charge is 0.0201 e. The molecule has 0 amide bonds. The first kappa shape index (κ1) is 12.7. The standard InChI is InChI=1S/C10H22IN/c1-4-8-12(11)9-7-10(5-2)6-3/h10H,4-9H2,1-3H3. The summed E-state index contributed by atoms with van der Waals surface area (Å²) >= 11 is 2.44. The van der Waals surface area contributed by atoms with E-state index in [9.17, 15) is 0 Å². The second-order valence-corrected chi connectivity index (χ2v) is 4.75. The van der Waals surface area contributed by atoms with Crippen LogP contribution in [-0.2, 0) is 0 Å². The molecule has 0 aliphatic heterocycles. The third kappa shape index (κ3) is 6.23. The summed E-state index contributed by atoms with van der Waals surface area (Å²) in [6, 6.07) is 0. The van der Waals surface area contributed by atoms with Gasteiger partial charge >= 0.3 is 0 Å². The predicted molar refractivity (Wildman–Crippen MR) is 64.6 cm³/mol. The number of halogens is 1. The molecule has 0 rings (SSSR count). The molecule has 2 heteroatoms. The highest BCUT2D eigenvalue weighted by molar-refractivity contribution is 14.1. The van der Waals surface area contributed by atoms with E-state index in [0.29, 0.717) is 0 Å². The molecule has 0 bridgehead atoms. The maximum absolute atomic E-state index is 2.44. The first-order valence-electron chi connectivity index (χ1n) is 5.15. The van der Waals surface area contributed by atoms with Crippen molar-refractivity contribution in [2.45, 2.75) is 46.5 Å². The summed E-state index contributed by atoms with van der Waals surface area (Å²) in [7, 11) is 0. The van der Waals surface area contributed by atoms with E-state index in [2.05, 4.69) is 46.7 Å². The molecule has 0 spiro atoms. The van der Waals surface area contributed by atoms with Crippen LogP contribution in [0.25, 0.3) is 0 Å². The van der Waals surface area contributed by atoms with Gasteiger partial charge in [-0.1, -0.05) is 33.6 Å². The minimum Gasteiger partial charge on any atom is -0.248 e. The Morgan fingerprint density at radius 1 is 1.08 bits per heavy atom. The van der Waals surface area contributed by atoms with Crippen molar-refractivity contribution in [3.8, 4) is 0 Å². The molecule has 0 aromatic rings. The molecular formula is C10H22IN. The van der Waals surface area contributed by atoms with E-state index >= 15 is 0 Å². The average molecular weight is 283 g/mol. The van der Waals surface area contributed by atoms with E-state index in [1.54, 1.807) is 0 Å². The Morgan fingerprint density at radius 3 is 2.08 bits per heavy atom. The van der Waals surface area contributed by atoms with Crippen LogP contribution in [0.5, 0.6) is 0 Å². The van der Waals surface area contributed by atoms with Crippen molar-refractivity contribution in [1.29, 1.82) is 0 Å². The SMILES string of the molecule is CCCN(I)CCC(CC)CC. The van der Waals surface area contributed by atoms with Gasteiger partial charge in [-0.05, 0) is 18.8 Å². The van der Waals surface area contributed by atoms with Gasteiger partial charge in [0.05, 0.1) is 0 Å². The lowest BCUT2D eigenvalue weighted by atomic mass is 10.00. The second-order valence-electron chi connectivity index (χ2n) is 3.38. The lowest BCUT2D eigenvalue weighted by molar-refractivity contribution is 0.392. The summed E-state index contributed by atoms with van der Waals surface area (Å²) in [6.45, 7) is 9.33. The molecule has 0 atom stereocenters. The third-order valence-electron chi connectivity index (χ3n) is 2.40. The number of hydrogen-bond donors (Lipinski definition) is 0. The predicted octanol–water partition coefficient (Wildman–Crippen LogP) is 3.87. The van der Waals surface area contributed by atoms with Gasteiger partial charge in [-0.15, -0.1) is 0 Å². The van der Waals surface area contributed by atoms with E-state index in [1.807, 2.05) is 0 Å². The van der Waals surface area contributed by atoms with Crippen LogP contribution in [0.2, 0.25) is 0 Å². The summed E-state index contributed by atoms with van der Waals surface area (Å²) in [5.74, 6) is 0.944. The molecule has 0 aliphatic rings. The van der Waals surface area contributed by atoms with Crippen LogP contribution in [0.1, 0.15) is 46.5 Å². The molecule has 0 unspecified atom stereocenters. The monoisotopic (exact) mass is 283 g/mol. The maximum Gasteiger partial charge on any atom is 0.0201 e. The van der Waals surface area contributed by atoms with Crippen LogP contribution in [-0.4, -0.2) is 16.2 Å². The molecule has 74 valence electrons. The molecule has 0 radical (unpaired) electrons. The lowest BCUT2D eigenvalue weighted by Crippen LogP contribution is -2.16. The van der Waals surface area contributed by atoms with Gasteiger partial charge in [-0.25, -0.2) is 3.11 Å². The molecule has 1 nitrogen and oxygen atoms in total. The van der Waals surface area contributed by atoms with Crippen LogP contribution in [0.3, 0.4) is 0 Å². The largest absolute Gasteiger partial charge is 0.248 e. The summed E-state index contributed by atoms with van der Waals surface area (Å²) in [5.41, 5.74) is 0. The van der Waals surface area contributed by atoms with Crippen LogP contribution < -0.4 is 0 Å². The van der Waals surface area contributed by atoms with Crippen LogP contribution in [0, 0.1) is 5.92 Å². The van der Waals surface area contributed by atoms with Crippen LogP contribution in [0.15, 0.2) is 0 Å². The molecule has 0 saturated heterocycles. The summed E-state index contributed by atoms with van der Waals surface area (Å²) in [4.78, 5) is 0. The van der Waals surface area contributed by atoms with E-state index in [-0.39, 0.29) is 0 Å². The number of hydrogen-bond acceptors (Lipinski definition) is 1. The summed E-state index contributed by atoms with van der Waals surface area (Å²) in [6.07, 6.45) is 5.32. The Balaban J connectivity index is 3.37. The lowest BCUT2D eigenvalue weighted by Gasteiger charge is -2.17. The van der Waals surface area contributed by atoms with Gasteiger partial charge in [0.2, 0.25) is 0 Å². The van der Waals surface area contributed by atoms with Crippen LogP contribution >= 0.6 is 22.9 Å². The fourth-order valence-corrected chi connectivity index (χ4v) is 2.13. The quantitative estimate of drug-likeness (QED) is 0.506. The number of nitrogens with zero attached hydrogens (tertiary/aromatic N) is 1. The zero-order valence-corrected chi connectivity index (χ0v) is 10.8. The maximum atomic E-state index is 2.44. The minimum absolute atomic E-state index is 0.944. The Kier molecular flexibility index (Phi) is 8.77. The van der Waals surface area contributed by atoms with Crippen LogP contribution in [0.4, 0.5) is 0 Å². The van der Waals surface area contributed by atoms with E-state index in [4.69, 9.17) is 0 Å². The van der Waals surface area contributed by atoms with Gasteiger partial charge in [-0.3, -0.25) is 0 Å². The molecular weight excluding hydrogens is 261 g/mol. The van der Waals surface area contributed by atoms with Crippen molar-refractivity contribution in [3.05, 3.63) is 0 Å². The fraction of sp³-hybridized carbons (Fsp3) is 1.00. The van der Waals surface area contributed by atoms with Crippen molar-refractivity contribution >= 4 is 22.9 Å². The zero-order chi connectivity index (χ0) is 9.40. The Morgan fingerprint density at radius 2 is 1.67 bits per heavy atom. The van der Waals surface area contributed by atoms with Crippen molar-refractivity contribution < 1.29 is 0 Å². The topological polar surface area (TPSA) is 3.24 Å². The number of rotatable bonds is 7. The fourth-order valence-electron chi connectivity index (χ4n) is 1.37. The Hall–Kier alpha value is 0.690. The molecule has 0 heterocycles. The van der Waals surface area contributed by atoms with E-state index in [0.717, 1.165) is 5.92 Å². The van der Waals surface area contributed by atoms with E-state index in [1.165, 1.54) is 38.8 Å². The van der Waals surface area contributed by atoms with Gasteiger partial charge < -0.3 is 0 Å².